The molecule has 0 radical (unpaired) electrons. The van der Waals surface area contributed by atoms with Crippen molar-refractivity contribution < 1.29 is 14.8 Å². The SMILES string of the molecule is Cc1cc(Sc2cc(C(=O)O)ccn2)ncc1[N+](=O)[O-]. The Labute approximate surface area is 117 Å². The van der Waals surface area contributed by atoms with E-state index < -0.39 is 10.9 Å². The third-order valence-corrected chi connectivity index (χ3v) is 3.31. The molecule has 1 N–H and O–H groups in total. The van der Waals surface area contributed by atoms with Crippen LogP contribution in [0.15, 0.2) is 40.6 Å². The number of aromatic nitrogens is 2. The molecule has 0 unspecified atom stereocenters. The number of carboxylic acids is 1. The molecule has 2 aromatic rings. The van der Waals surface area contributed by atoms with Crippen molar-refractivity contribution in [1.29, 1.82) is 0 Å². The van der Waals surface area contributed by atoms with Gasteiger partial charge in [-0.2, -0.15) is 0 Å². The summed E-state index contributed by atoms with van der Waals surface area (Å²) in [7, 11) is 0. The zero-order valence-electron chi connectivity index (χ0n) is 10.3. The van der Waals surface area contributed by atoms with Crippen molar-refractivity contribution in [1.82, 2.24) is 9.97 Å². The maximum Gasteiger partial charge on any atom is 0.335 e. The third-order valence-electron chi connectivity index (χ3n) is 2.45. The minimum absolute atomic E-state index is 0.0541. The molecule has 0 spiro atoms. The molecule has 0 atom stereocenters. The summed E-state index contributed by atoms with van der Waals surface area (Å²) in [5, 5.41) is 20.6. The Hall–Kier alpha value is -2.48. The average molecular weight is 291 g/mol. The molecule has 0 amide bonds. The zero-order chi connectivity index (χ0) is 14.7. The van der Waals surface area contributed by atoms with E-state index in [9.17, 15) is 14.9 Å². The number of nitrogens with zero attached hydrogens (tertiary/aromatic N) is 3. The summed E-state index contributed by atoms with van der Waals surface area (Å²) in [6.45, 7) is 1.62. The van der Waals surface area contributed by atoms with Crippen molar-refractivity contribution >= 4 is 23.4 Å². The number of carbonyl (C=O) groups is 1. The van der Waals surface area contributed by atoms with Gasteiger partial charge in [-0.3, -0.25) is 10.1 Å². The quantitative estimate of drug-likeness (QED) is 0.681. The third kappa shape index (κ3) is 3.09. The van der Waals surface area contributed by atoms with Gasteiger partial charge in [0.05, 0.1) is 10.5 Å². The summed E-state index contributed by atoms with van der Waals surface area (Å²) in [6.07, 6.45) is 2.57. The molecule has 2 aromatic heterocycles. The van der Waals surface area contributed by atoms with E-state index in [2.05, 4.69) is 9.97 Å². The van der Waals surface area contributed by atoms with Crippen LogP contribution < -0.4 is 0 Å². The molecule has 0 saturated heterocycles. The van der Waals surface area contributed by atoms with E-state index in [1.165, 1.54) is 24.5 Å². The minimum atomic E-state index is -1.04. The van der Waals surface area contributed by atoms with Crippen LogP contribution in [0, 0.1) is 17.0 Å². The normalized spacial score (nSPS) is 10.2. The molecule has 20 heavy (non-hydrogen) atoms. The van der Waals surface area contributed by atoms with E-state index in [4.69, 9.17) is 5.11 Å². The highest BCUT2D eigenvalue weighted by molar-refractivity contribution is 7.99. The lowest BCUT2D eigenvalue weighted by atomic mass is 10.3. The van der Waals surface area contributed by atoms with E-state index in [0.717, 1.165) is 11.8 Å². The number of carboxylic acid groups (broad SMARTS) is 1. The fourth-order valence-corrected chi connectivity index (χ4v) is 2.33. The first-order chi connectivity index (χ1) is 9.47. The molecule has 8 heteroatoms. The van der Waals surface area contributed by atoms with Crippen LogP contribution in [0.3, 0.4) is 0 Å². The fraction of sp³-hybridized carbons (Fsp3) is 0.0833. The lowest BCUT2D eigenvalue weighted by molar-refractivity contribution is -0.385. The summed E-state index contributed by atoms with van der Waals surface area (Å²) in [5.41, 5.74) is 0.560. The summed E-state index contributed by atoms with van der Waals surface area (Å²) in [5.74, 6) is -1.04. The van der Waals surface area contributed by atoms with Crippen molar-refractivity contribution in [2.75, 3.05) is 0 Å². The van der Waals surface area contributed by atoms with Gasteiger partial charge < -0.3 is 5.11 Å². The van der Waals surface area contributed by atoms with Crippen LogP contribution in [0.1, 0.15) is 15.9 Å². The number of aromatic carboxylic acids is 1. The van der Waals surface area contributed by atoms with Crippen LogP contribution in [0.2, 0.25) is 0 Å². The van der Waals surface area contributed by atoms with Crippen molar-refractivity contribution in [3.8, 4) is 0 Å². The molecular weight excluding hydrogens is 282 g/mol. The number of rotatable bonds is 4. The molecule has 0 aliphatic heterocycles. The van der Waals surface area contributed by atoms with E-state index in [1.54, 1.807) is 13.0 Å². The Bertz CT molecular complexity index is 690. The summed E-state index contributed by atoms with van der Waals surface area (Å²) >= 11 is 1.15. The zero-order valence-corrected chi connectivity index (χ0v) is 11.1. The van der Waals surface area contributed by atoms with Gasteiger partial charge in [0.1, 0.15) is 16.2 Å². The van der Waals surface area contributed by atoms with Gasteiger partial charge in [-0.1, -0.05) is 11.8 Å². The number of hydrogen-bond donors (Lipinski definition) is 1. The standard InChI is InChI=1S/C12H9N3O4S/c1-7-4-10(14-6-9(7)15(18)19)20-11-5-8(12(16)17)2-3-13-11/h2-6H,1H3,(H,16,17). The van der Waals surface area contributed by atoms with Gasteiger partial charge in [-0.25, -0.2) is 14.8 Å². The first kappa shape index (κ1) is 13.9. The largest absolute Gasteiger partial charge is 0.478 e. The second kappa shape index (κ2) is 5.66. The second-order valence-electron chi connectivity index (χ2n) is 3.86. The lowest BCUT2D eigenvalue weighted by Crippen LogP contribution is -1.97. The van der Waals surface area contributed by atoms with Gasteiger partial charge in [-0.15, -0.1) is 0 Å². The van der Waals surface area contributed by atoms with Crippen LogP contribution >= 0.6 is 11.8 Å². The Morgan fingerprint density at radius 3 is 2.65 bits per heavy atom. The average Bonchev–Trinajstić information content (AvgIpc) is 2.38. The number of nitro groups is 1. The second-order valence-corrected chi connectivity index (χ2v) is 4.90. The van der Waals surface area contributed by atoms with E-state index in [0.29, 0.717) is 15.6 Å². The Morgan fingerprint density at radius 1 is 1.35 bits per heavy atom. The van der Waals surface area contributed by atoms with Gasteiger partial charge in [0.15, 0.2) is 0 Å². The van der Waals surface area contributed by atoms with Crippen LogP contribution in [0.25, 0.3) is 0 Å². The van der Waals surface area contributed by atoms with Crippen molar-refractivity contribution in [2.24, 2.45) is 0 Å². The van der Waals surface area contributed by atoms with Gasteiger partial charge in [0, 0.05) is 11.8 Å². The summed E-state index contributed by atoms with van der Waals surface area (Å²) in [6, 6.07) is 4.38. The first-order valence-electron chi connectivity index (χ1n) is 5.45. The molecule has 102 valence electrons. The molecule has 0 bridgehead atoms. The van der Waals surface area contributed by atoms with E-state index in [-0.39, 0.29) is 11.3 Å². The molecule has 0 aromatic carbocycles. The van der Waals surface area contributed by atoms with Crippen LogP contribution in [0.5, 0.6) is 0 Å². The molecule has 0 aliphatic carbocycles. The monoisotopic (exact) mass is 291 g/mol. The Morgan fingerprint density at radius 2 is 2.05 bits per heavy atom. The molecule has 2 heterocycles. The predicted molar refractivity (Wildman–Crippen MR) is 70.9 cm³/mol. The number of hydrogen-bond acceptors (Lipinski definition) is 6. The highest BCUT2D eigenvalue weighted by Gasteiger charge is 2.13. The van der Waals surface area contributed by atoms with Crippen LogP contribution in [-0.4, -0.2) is 26.0 Å². The predicted octanol–water partition coefficient (Wildman–Crippen LogP) is 2.54. The Balaban J connectivity index is 2.26. The maximum atomic E-state index is 10.9. The smallest absolute Gasteiger partial charge is 0.335 e. The first-order valence-corrected chi connectivity index (χ1v) is 6.27. The maximum absolute atomic E-state index is 10.9. The van der Waals surface area contributed by atoms with Crippen molar-refractivity contribution in [3.05, 3.63) is 51.8 Å². The highest BCUT2D eigenvalue weighted by atomic mass is 32.2. The van der Waals surface area contributed by atoms with Crippen molar-refractivity contribution in [3.63, 3.8) is 0 Å². The summed E-state index contributed by atoms with van der Waals surface area (Å²) < 4.78 is 0. The van der Waals surface area contributed by atoms with Gasteiger partial charge in [-0.05, 0) is 25.1 Å². The van der Waals surface area contributed by atoms with Gasteiger partial charge in [0.25, 0.3) is 5.69 Å². The summed E-state index contributed by atoms with van der Waals surface area (Å²) in [4.78, 5) is 29.0. The van der Waals surface area contributed by atoms with Gasteiger partial charge >= 0.3 is 5.97 Å². The minimum Gasteiger partial charge on any atom is -0.478 e. The van der Waals surface area contributed by atoms with E-state index in [1.807, 2.05) is 0 Å². The highest BCUT2D eigenvalue weighted by Crippen LogP contribution is 2.27. The molecule has 0 fully saturated rings. The number of pyridine rings is 2. The molecule has 7 nitrogen and oxygen atoms in total. The lowest BCUT2D eigenvalue weighted by Gasteiger charge is -2.02. The Kier molecular flexibility index (Phi) is 3.94. The van der Waals surface area contributed by atoms with Crippen molar-refractivity contribution in [2.45, 2.75) is 17.0 Å². The van der Waals surface area contributed by atoms with Crippen LogP contribution in [-0.2, 0) is 0 Å². The van der Waals surface area contributed by atoms with Crippen LogP contribution in [0.4, 0.5) is 5.69 Å². The van der Waals surface area contributed by atoms with Gasteiger partial charge in [0.2, 0.25) is 0 Å². The van der Waals surface area contributed by atoms with E-state index >= 15 is 0 Å². The molecule has 0 aliphatic rings. The molecule has 2 rings (SSSR count). The molecule has 0 saturated carbocycles. The topological polar surface area (TPSA) is 106 Å². The fourth-order valence-electron chi connectivity index (χ4n) is 1.48. The molecular formula is C12H9N3O4S. The number of aryl methyl sites for hydroxylation is 1.